The summed E-state index contributed by atoms with van der Waals surface area (Å²) in [7, 11) is 3.89. The van der Waals surface area contributed by atoms with Gasteiger partial charge < -0.3 is 29.2 Å². The van der Waals surface area contributed by atoms with Crippen LogP contribution in [0.25, 0.3) is 10.9 Å². The van der Waals surface area contributed by atoms with Crippen LogP contribution in [0.1, 0.15) is 49.7 Å². The molecule has 1 saturated heterocycles. The minimum atomic E-state index is -3.59. The number of amides is 1. The molecule has 12 heteroatoms. The van der Waals surface area contributed by atoms with Crippen LogP contribution in [0.4, 0.5) is 17.2 Å². The van der Waals surface area contributed by atoms with Gasteiger partial charge in [-0.1, -0.05) is 26.5 Å². The van der Waals surface area contributed by atoms with Crippen molar-refractivity contribution in [2.24, 2.45) is 7.05 Å². The number of methoxy groups -OCH3 is 1. The molecule has 1 amide bonds. The minimum absolute atomic E-state index is 0. The van der Waals surface area contributed by atoms with Crippen molar-refractivity contribution < 1.29 is 22.7 Å². The van der Waals surface area contributed by atoms with Gasteiger partial charge in [-0.3, -0.25) is 9.52 Å². The first kappa shape index (κ1) is 33.1. The van der Waals surface area contributed by atoms with Gasteiger partial charge in [0.05, 0.1) is 30.3 Å². The third-order valence-corrected chi connectivity index (χ3v) is 9.54. The number of sulfonamides is 1. The zero-order valence-corrected chi connectivity index (χ0v) is 27.4. The maximum atomic E-state index is 13.8. The Morgan fingerprint density at radius 3 is 2.50 bits per heavy atom. The van der Waals surface area contributed by atoms with E-state index in [1.165, 1.54) is 7.11 Å². The molecular weight excluding hydrogens is 604 g/mol. The van der Waals surface area contributed by atoms with Gasteiger partial charge in [0.25, 0.3) is 5.91 Å². The molecule has 0 bridgehead atoms. The van der Waals surface area contributed by atoms with E-state index in [0.717, 1.165) is 60.9 Å². The largest absolute Gasteiger partial charge is 0.492 e. The normalized spacial score (nSPS) is 17.1. The number of anilines is 3. The van der Waals surface area contributed by atoms with E-state index in [-0.39, 0.29) is 30.2 Å². The molecule has 2 fully saturated rings. The third-order valence-electron chi connectivity index (χ3n) is 8.95. The summed E-state index contributed by atoms with van der Waals surface area (Å²) >= 11 is 0. The first-order valence-electron chi connectivity index (χ1n) is 15.0. The van der Waals surface area contributed by atoms with E-state index in [0.29, 0.717) is 28.9 Å². The molecule has 1 aliphatic heterocycles. The Labute approximate surface area is 271 Å². The highest BCUT2D eigenvalue weighted by atomic mass is 32.2. The predicted molar refractivity (Wildman–Crippen MR) is 184 cm³/mol. The molecule has 0 unspecified atom stereocenters. The molecule has 2 aromatic carbocycles. The number of likely N-dealkylation sites (N-methyl/N-ethyl adjacent to an activating group) is 1. The van der Waals surface area contributed by atoms with E-state index < -0.39 is 10.0 Å². The summed E-state index contributed by atoms with van der Waals surface area (Å²) in [6.07, 6.45) is 5.88. The number of rotatable bonds is 10. The van der Waals surface area contributed by atoms with Crippen LogP contribution < -0.4 is 24.4 Å². The molecule has 246 valence electrons. The van der Waals surface area contributed by atoms with Gasteiger partial charge in [-0.2, -0.15) is 0 Å². The quantitative estimate of drug-likeness (QED) is 0.221. The number of hydrogen-bond donors (Lipinski definition) is 2. The first-order valence-corrected chi connectivity index (χ1v) is 16.9. The van der Waals surface area contributed by atoms with Crippen LogP contribution in [-0.2, 0) is 22.5 Å². The average molecular weight is 649 g/mol. The van der Waals surface area contributed by atoms with E-state index in [1.54, 1.807) is 16.8 Å². The number of nitrogens with zero attached hydrogens (tertiary/aromatic N) is 4. The number of aryl methyl sites for hydroxylation is 1. The summed E-state index contributed by atoms with van der Waals surface area (Å²) in [5.74, 6) is 2.02. The number of carbonyl (C=O) groups is 1. The fourth-order valence-corrected chi connectivity index (χ4v) is 6.59. The lowest BCUT2D eigenvalue weighted by Crippen LogP contribution is -2.31. The van der Waals surface area contributed by atoms with Gasteiger partial charge in [0, 0.05) is 43.8 Å². The Bertz CT molecular complexity index is 1880. The van der Waals surface area contributed by atoms with Crippen molar-refractivity contribution in [1.82, 2.24) is 14.5 Å². The Kier molecular flexibility index (Phi) is 8.98. The fraction of sp³-hybridized carbons (Fsp3) is 0.412. The Morgan fingerprint density at radius 1 is 1.11 bits per heavy atom. The number of fused-ring (bicyclic) bond motifs is 1. The van der Waals surface area contributed by atoms with Gasteiger partial charge in [-0.25, -0.2) is 13.4 Å². The van der Waals surface area contributed by atoms with Crippen LogP contribution in [0, 0.1) is 0 Å². The minimum Gasteiger partial charge on any atom is -0.492 e. The molecule has 2 N–H and O–H groups in total. The summed E-state index contributed by atoms with van der Waals surface area (Å²) in [5, 5.41) is 3.83. The number of hydrogen-bond acceptors (Lipinski definition) is 8. The highest BCUT2D eigenvalue weighted by molar-refractivity contribution is 7.92. The summed E-state index contributed by atoms with van der Waals surface area (Å²) in [6, 6.07) is 15.5. The van der Waals surface area contributed by atoms with Crippen LogP contribution in [0.2, 0.25) is 0 Å². The maximum Gasteiger partial charge on any atom is 0.272 e. The molecule has 2 aliphatic rings. The lowest BCUT2D eigenvalue weighted by Gasteiger charge is -2.21. The van der Waals surface area contributed by atoms with Crippen molar-refractivity contribution in [3.8, 4) is 17.2 Å². The van der Waals surface area contributed by atoms with Crippen molar-refractivity contribution in [3.63, 3.8) is 0 Å². The number of para-hydroxylation sites is 1. The summed E-state index contributed by atoms with van der Waals surface area (Å²) in [6.45, 7) is 3.96. The van der Waals surface area contributed by atoms with Crippen molar-refractivity contribution in [1.29, 1.82) is 0 Å². The average Bonchev–Trinajstić information content (AvgIpc) is 3.38. The van der Waals surface area contributed by atoms with Crippen molar-refractivity contribution in [2.75, 3.05) is 55.5 Å². The zero-order valence-electron chi connectivity index (χ0n) is 26.5. The molecule has 4 aromatic rings. The second-order valence-electron chi connectivity index (χ2n) is 12.6. The van der Waals surface area contributed by atoms with Crippen LogP contribution in [-0.4, -0.2) is 75.4 Å². The Balaban J connectivity index is 0.00000417. The smallest absolute Gasteiger partial charge is 0.272 e. The summed E-state index contributed by atoms with van der Waals surface area (Å²) in [5.41, 5.74) is 2.70. The Morgan fingerprint density at radius 2 is 1.85 bits per heavy atom. The predicted octanol–water partition coefficient (Wildman–Crippen LogP) is 5.83. The molecule has 1 saturated carbocycles. The Hall–Kier alpha value is -4.29. The van der Waals surface area contributed by atoms with Crippen LogP contribution in [0.5, 0.6) is 17.2 Å². The highest BCUT2D eigenvalue weighted by Crippen LogP contribution is 2.51. The topological polar surface area (TPSA) is 118 Å². The molecule has 11 nitrogen and oxygen atoms in total. The molecule has 2 aromatic heterocycles. The van der Waals surface area contributed by atoms with Crippen LogP contribution in [0.15, 0.2) is 54.7 Å². The SMILES string of the molecule is C.COc1c(NC(=O)c2cc3cccc(Oc4ccnc(N5CC[C@H](N(C)C)C5)c4)c3n2C)cc(C2(C)CC2)cc1NS(C)(=O)=O. The van der Waals surface area contributed by atoms with Gasteiger partial charge in [0.1, 0.15) is 17.3 Å². The standard InChI is InChI=1S/C33H40N6O5S.CH4/c1-33(12-13-33)22-17-25(31(43-5)26(18-22)36-45(6,41)42)35-32(40)27-16-21-8-7-9-28(30(21)38(27)4)44-24-10-14-34-29(19-24)39-15-11-23(20-39)37(2)3;/h7-10,14,16-19,23,36H,11-13,15,20H2,1-6H3,(H,35,40);1H4/t23-;/m0./s1. The maximum absolute atomic E-state index is 13.8. The van der Waals surface area contributed by atoms with Gasteiger partial charge in [-0.05, 0) is 74.7 Å². The third kappa shape index (κ3) is 6.63. The molecule has 6 rings (SSSR count). The van der Waals surface area contributed by atoms with Crippen molar-refractivity contribution in [2.45, 2.75) is 45.1 Å². The van der Waals surface area contributed by atoms with Crippen LogP contribution in [0.3, 0.4) is 0 Å². The fourth-order valence-electron chi connectivity index (χ4n) is 6.04. The second kappa shape index (κ2) is 12.5. The second-order valence-corrected chi connectivity index (χ2v) is 14.3. The van der Waals surface area contributed by atoms with Gasteiger partial charge >= 0.3 is 0 Å². The number of benzene rings is 2. The van der Waals surface area contributed by atoms with Gasteiger partial charge in [0.2, 0.25) is 10.0 Å². The summed E-state index contributed by atoms with van der Waals surface area (Å²) in [4.78, 5) is 22.9. The lowest BCUT2D eigenvalue weighted by molar-refractivity contribution is 0.101. The van der Waals surface area contributed by atoms with E-state index >= 15 is 0 Å². The molecule has 46 heavy (non-hydrogen) atoms. The van der Waals surface area contributed by atoms with Gasteiger partial charge in [0.15, 0.2) is 11.5 Å². The van der Waals surface area contributed by atoms with E-state index in [1.807, 2.05) is 49.5 Å². The lowest BCUT2D eigenvalue weighted by atomic mass is 9.96. The van der Waals surface area contributed by atoms with E-state index in [4.69, 9.17) is 9.47 Å². The van der Waals surface area contributed by atoms with E-state index in [2.05, 4.69) is 45.8 Å². The molecule has 1 aliphatic carbocycles. The number of nitrogens with one attached hydrogen (secondary N) is 2. The zero-order chi connectivity index (χ0) is 32.1. The highest BCUT2D eigenvalue weighted by Gasteiger charge is 2.40. The molecule has 1 atom stereocenters. The van der Waals surface area contributed by atoms with E-state index in [9.17, 15) is 13.2 Å². The molecular formula is C34H44N6O5S. The summed E-state index contributed by atoms with van der Waals surface area (Å²) < 4.78 is 40.7. The molecule has 0 radical (unpaired) electrons. The van der Waals surface area contributed by atoms with Gasteiger partial charge in [-0.15, -0.1) is 0 Å². The molecule has 0 spiro atoms. The molecule has 3 heterocycles. The number of aromatic nitrogens is 2. The van der Waals surface area contributed by atoms with Crippen LogP contribution >= 0.6 is 0 Å². The number of pyridine rings is 1. The number of ether oxygens (including phenoxy) is 2. The van der Waals surface area contributed by atoms with Crippen molar-refractivity contribution >= 4 is 44.0 Å². The number of carbonyl (C=O) groups excluding carboxylic acids is 1. The van der Waals surface area contributed by atoms with Crippen molar-refractivity contribution in [3.05, 3.63) is 66.0 Å². The monoisotopic (exact) mass is 648 g/mol. The first-order chi connectivity index (χ1) is 21.3.